The normalized spacial score (nSPS) is 9.86. The van der Waals surface area contributed by atoms with E-state index in [2.05, 4.69) is 15.9 Å². The molecule has 0 amide bonds. The maximum absolute atomic E-state index is 12.9. The Hall–Kier alpha value is -1.50. The third-order valence-corrected chi connectivity index (χ3v) is 2.12. The molecular weight excluding hydrogens is 261 g/mol. The number of nitro groups is 1. The number of benzene rings is 1. The van der Waals surface area contributed by atoms with Crippen LogP contribution >= 0.6 is 15.9 Å². The topological polar surface area (TPSA) is 80.4 Å². The summed E-state index contributed by atoms with van der Waals surface area (Å²) in [5.41, 5.74) is -1.12. The lowest BCUT2D eigenvalue weighted by atomic mass is 10.2. The Bertz CT molecular complexity index is 381. The molecule has 5 nitrogen and oxygen atoms in total. The highest BCUT2D eigenvalue weighted by Gasteiger charge is 2.19. The predicted molar refractivity (Wildman–Crippen MR) is 47.7 cm³/mol. The number of carboxylic acids is 1. The molecule has 1 N–H and O–H groups in total. The Morgan fingerprint density at radius 3 is 2.57 bits per heavy atom. The minimum Gasteiger partial charge on any atom is -0.478 e. The molecule has 0 fully saturated rings. The lowest BCUT2D eigenvalue weighted by molar-refractivity contribution is -0.387. The average molecular weight is 264 g/mol. The lowest BCUT2D eigenvalue weighted by Gasteiger charge is -1.99. The molecule has 7 heteroatoms. The van der Waals surface area contributed by atoms with E-state index in [-0.39, 0.29) is 10.0 Å². The van der Waals surface area contributed by atoms with Crippen LogP contribution in [-0.2, 0) is 0 Å². The van der Waals surface area contributed by atoms with Crippen molar-refractivity contribution in [3.8, 4) is 0 Å². The third kappa shape index (κ3) is 1.87. The minimum absolute atomic E-state index is 0.0295. The average Bonchev–Trinajstić information content (AvgIpc) is 2.07. The summed E-state index contributed by atoms with van der Waals surface area (Å²) >= 11 is 2.80. The van der Waals surface area contributed by atoms with Gasteiger partial charge in [0.25, 0.3) is 0 Å². The van der Waals surface area contributed by atoms with Crippen molar-refractivity contribution in [2.75, 3.05) is 0 Å². The molecule has 74 valence electrons. The highest BCUT2D eigenvalue weighted by molar-refractivity contribution is 9.10. The second-order valence-corrected chi connectivity index (χ2v) is 3.20. The SMILES string of the molecule is O=C(O)c1cc(F)c([N+](=O)[O-])cc1Br. The molecule has 1 aromatic rings. The van der Waals surface area contributed by atoms with Crippen LogP contribution in [0.4, 0.5) is 10.1 Å². The van der Waals surface area contributed by atoms with Gasteiger partial charge in [0.2, 0.25) is 5.82 Å². The van der Waals surface area contributed by atoms with E-state index in [1.54, 1.807) is 0 Å². The van der Waals surface area contributed by atoms with Crippen molar-refractivity contribution < 1.29 is 19.2 Å². The zero-order valence-electron chi connectivity index (χ0n) is 6.53. The van der Waals surface area contributed by atoms with Gasteiger partial charge in [0.15, 0.2) is 0 Å². The summed E-state index contributed by atoms with van der Waals surface area (Å²) in [5.74, 6) is -2.53. The van der Waals surface area contributed by atoms with E-state index < -0.39 is 22.4 Å². The number of halogens is 2. The molecule has 0 aliphatic heterocycles. The standard InChI is InChI=1S/C7H3BrFNO4/c8-4-2-6(10(13)14)5(9)1-3(4)7(11)12/h1-2H,(H,11,12). The monoisotopic (exact) mass is 263 g/mol. The molecule has 1 aromatic carbocycles. The Labute approximate surface area is 85.4 Å². The van der Waals surface area contributed by atoms with Crippen LogP contribution in [0.15, 0.2) is 16.6 Å². The molecule has 0 aliphatic carbocycles. The van der Waals surface area contributed by atoms with Gasteiger partial charge in [-0.25, -0.2) is 4.79 Å². The number of nitrogens with zero attached hydrogens (tertiary/aromatic N) is 1. The minimum atomic E-state index is -1.36. The maximum atomic E-state index is 12.9. The van der Waals surface area contributed by atoms with Gasteiger partial charge in [0.1, 0.15) is 0 Å². The fourth-order valence-corrected chi connectivity index (χ4v) is 1.34. The fraction of sp³-hybridized carbons (Fsp3) is 0. The van der Waals surface area contributed by atoms with E-state index in [9.17, 15) is 19.3 Å². The molecule has 0 spiro atoms. The second kappa shape index (κ2) is 3.70. The first-order valence-corrected chi connectivity index (χ1v) is 4.09. The van der Waals surface area contributed by atoms with Crippen LogP contribution in [0.25, 0.3) is 0 Å². The van der Waals surface area contributed by atoms with E-state index in [4.69, 9.17) is 5.11 Å². The molecule has 0 atom stereocenters. The van der Waals surface area contributed by atoms with Crippen LogP contribution in [0, 0.1) is 15.9 Å². The fourth-order valence-electron chi connectivity index (χ4n) is 0.840. The number of carboxylic acid groups (broad SMARTS) is 1. The number of nitro benzene ring substituents is 1. The van der Waals surface area contributed by atoms with Crippen molar-refractivity contribution in [2.45, 2.75) is 0 Å². The van der Waals surface area contributed by atoms with Gasteiger partial charge in [-0.3, -0.25) is 10.1 Å². The Balaban J connectivity index is 3.38. The zero-order valence-corrected chi connectivity index (χ0v) is 8.12. The van der Waals surface area contributed by atoms with Gasteiger partial charge in [-0.2, -0.15) is 4.39 Å². The molecule has 1 rings (SSSR count). The van der Waals surface area contributed by atoms with E-state index in [0.717, 1.165) is 6.07 Å². The van der Waals surface area contributed by atoms with Crippen molar-refractivity contribution in [2.24, 2.45) is 0 Å². The zero-order chi connectivity index (χ0) is 10.9. The van der Waals surface area contributed by atoms with Crippen LogP contribution in [0.5, 0.6) is 0 Å². The first-order chi connectivity index (χ1) is 6.43. The van der Waals surface area contributed by atoms with Gasteiger partial charge >= 0.3 is 11.7 Å². The summed E-state index contributed by atoms with van der Waals surface area (Å²) in [7, 11) is 0. The largest absolute Gasteiger partial charge is 0.478 e. The highest BCUT2D eigenvalue weighted by atomic mass is 79.9. The van der Waals surface area contributed by atoms with Crippen molar-refractivity contribution in [1.29, 1.82) is 0 Å². The van der Waals surface area contributed by atoms with Gasteiger partial charge in [-0.15, -0.1) is 0 Å². The van der Waals surface area contributed by atoms with Gasteiger partial charge < -0.3 is 5.11 Å². The lowest BCUT2D eigenvalue weighted by Crippen LogP contribution is -2.01. The maximum Gasteiger partial charge on any atom is 0.336 e. The number of hydrogen-bond acceptors (Lipinski definition) is 3. The van der Waals surface area contributed by atoms with Crippen LogP contribution in [0.2, 0.25) is 0 Å². The molecule has 0 aromatic heterocycles. The van der Waals surface area contributed by atoms with Crippen molar-refractivity contribution >= 4 is 27.6 Å². The number of rotatable bonds is 2. The van der Waals surface area contributed by atoms with Gasteiger partial charge in [-0.1, -0.05) is 0 Å². The Morgan fingerprint density at radius 2 is 2.14 bits per heavy atom. The van der Waals surface area contributed by atoms with Gasteiger partial charge in [0.05, 0.1) is 10.5 Å². The first kappa shape index (κ1) is 10.6. The summed E-state index contributed by atoms with van der Waals surface area (Å²) < 4.78 is 12.9. The van der Waals surface area contributed by atoms with E-state index in [1.165, 1.54) is 0 Å². The summed E-state index contributed by atoms with van der Waals surface area (Å²) in [5, 5.41) is 18.8. The van der Waals surface area contributed by atoms with Gasteiger partial charge in [-0.05, 0) is 22.0 Å². The summed E-state index contributed by atoms with van der Waals surface area (Å²) in [4.78, 5) is 19.8. The van der Waals surface area contributed by atoms with Gasteiger partial charge in [0, 0.05) is 10.5 Å². The second-order valence-electron chi connectivity index (χ2n) is 2.35. The van der Waals surface area contributed by atoms with Crippen LogP contribution in [0.3, 0.4) is 0 Å². The van der Waals surface area contributed by atoms with Crippen molar-refractivity contribution in [3.05, 3.63) is 38.1 Å². The Kier molecular flexibility index (Phi) is 2.80. The summed E-state index contributed by atoms with van der Waals surface area (Å²) in [6, 6.07) is 1.42. The molecule has 0 saturated carbocycles. The van der Waals surface area contributed by atoms with E-state index in [1.807, 2.05) is 0 Å². The van der Waals surface area contributed by atoms with Crippen LogP contribution in [-0.4, -0.2) is 16.0 Å². The molecule has 0 bridgehead atoms. The summed E-state index contributed by atoms with van der Waals surface area (Å²) in [6.07, 6.45) is 0. The quantitative estimate of drug-likeness (QED) is 0.655. The summed E-state index contributed by atoms with van der Waals surface area (Å²) in [6.45, 7) is 0. The molecule has 0 heterocycles. The number of hydrogen-bond donors (Lipinski definition) is 1. The third-order valence-electron chi connectivity index (χ3n) is 1.46. The molecule has 0 aliphatic rings. The molecular formula is C7H3BrFNO4. The van der Waals surface area contributed by atoms with Crippen molar-refractivity contribution in [1.82, 2.24) is 0 Å². The molecule has 0 radical (unpaired) electrons. The highest BCUT2D eigenvalue weighted by Crippen LogP contribution is 2.26. The first-order valence-electron chi connectivity index (χ1n) is 3.30. The smallest absolute Gasteiger partial charge is 0.336 e. The predicted octanol–water partition coefficient (Wildman–Crippen LogP) is 2.19. The molecule has 0 saturated heterocycles. The van der Waals surface area contributed by atoms with E-state index in [0.29, 0.717) is 6.07 Å². The number of aromatic carboxylic acids is 1. The van der Waals surface area contributed by atoms with Crippen molar-refractivity contribution in [3.63, 3.8) is 0 Å². The molecule has 0 unspecified atom stereocenters. The van der Waals surface area contributed by atoms with Crippen LogP contribution < -0.4 is 0 Å². The van der Waals surface area contributed by atoms with Crippen LogP contribution in [0.1, 0.15) is 10.4 Å². The number of carbonyl (C=O) groups is 1. The van der Waals surface area contributed by atoms with E-state index >= 15 is 0 Å². The molecule has 14 heavy (non-hydrogen) atoms. The Morgan fingerprint density at radius 1 is 1.57 bits per heavy atom.